The lowest BCUT2D eigenvalue weighted by Gasteiger charge is -2.18. The van der Waals surface area contributed by atoms with Crippen molar-refractivity contribution < 1.29 is 13.3 Å². The fraction of sp³-hybridized carbons (Fsp3) is 0. The van der Waals surface area contributed by atoms with Crippen LogP contribution in [-0.4, -0.2) is 0 Å². The van der Waals surface area contributed by atoms with Gasteiger partial charge in [0.15, 0.2) is 0 Å². The summed E-state index contributed by atoms with van der Waals surface area (Å²) >= 11 is 0. The molecule has 11 aromatic rings. The van der Waals surface area contributed by atoms with Gasteiger partial charge in [0.25, 0.3) is 0 Å². The molecule has 0 atom stereocenters. The number of furan rings is 3. The van der Waals surface area contributed by atoms with Crippen molar-refractivity contribution in [1.82, 2.24) is 0 Å². The van der Waals surface area contributed by atoms with E-state index in [1.54, 1.807) is 0 Å². The summed E-state index contributed by atoms with van der Waals surface area (Å²) in [5, 5.41) is 10.1. The van der Waals surface area contributed by atoms with Crippen LogP contribution in [0.4, 0.5) is 0 Å². The largest absolute Gasteiger partial charge is 0.456 e. The minimum atomic E-state index is 0.845. The minimum Gasteiger partial charge on any atom is -0.456 e. The predicted octanol–water partition coefficient (Wildman–Crippen LogP) is 13.5. The molecule has 3 heterocycles. The van der Waals surface area contributed by atoms with Crippen molar-refractivity contribution in [2.75, 3.05) is 0 Å². The van der Waals surface area contributed by atoms with Gasteiger partial charge in [-0.25, -0.2) is 0 Å². The molecule has 0 spiro atoms. The molecule has 0 saturated heterocycles. The third-order valence-electron chi connectivity index (χ3n) is 10.1. The summed E-state index contributed by atoms with van der Waals surface area (Å²) in [4.78, 5) is 0. The van der Waals surface area contributed by atoms with Crippen LogP contribution < -0.4 is 0 Å². The molecule has 3 nitrogen and oxygen atoms in total. The Balaban J connectivity index is 1.19. The van der Waals surface area contributed by atoms with Crippen molar-refractivity contribution in [2.24, 2.45) is 0 Å². The van der Waals surface area contributed by atoms with Crippen LogP contribution in [0, 0.1) is 0 Å². The molecule has 0 saturated carbocycles. The Morgan fingerprint density at radius 1 is 0.306 bits per heavy atom. The van der Waals surface area contributed by atoms with E-state index in [0.717, 1.165) is 82.9 Å². The van der Waals surface area contributed by atoms with E-state index in [1.807, 2.05) is 30.3 Å². The van der Waals surface area contributed by atoms with E-state index in [0.29, 0.717) is 0 Å². The van der Waals surface area contributed by atoms with Gasteiger partial charge in [-0.2, -0.15) is 0 Å². The van der Waals surface area contributed by atoms with Crippen LogP contribution in [0.15, 0.2) is 171 Å². The zero-order chi connectivity index (χ0) is 32.1. The molecule has 0 aliphatic heterocycles. The molecule has 3 aromatic heterocycles. The first-order chi connectivity index (χ1) is 24.3. The summed E-state index contributed by atoms with van der Waals surface area (Å²) in [6, 6.07) is 55.3. The summed E-state index contributed by atoms with van der Waals surface area (Å²) in [5.74, 6) is 0.851. The summed E-state index contributed by atoms with van der Waals surface area (Å²) in [7, 11) is 0. The van der Waals surface area contributed by atoms with E-state index in [1.165, 1.54) is 27.1 Å². The van der Waals surface area contributed by atoms with E-state index in [2.05, 4.69) is 127 Å². The zero-order valence-electron chi connectivity index (χ0n) is 26.2. The van der Waals surface area contributed by atoms with Crippen molar-refractivity contribution in [3.63, 3.8) is 0 Å². The highest BCUT2D eigenvalue weighted by Gasteiger charge is 2.22. The lowest BCUT2D eigenvalue weighted by molar-refractivity contribution is 0.631. The Morgan fingerprint density at radius 3 is 1.45 bits per heavy atom. The Morgan fingerprint density at radius 2 is 0.816 bits per heavy atom. The van der Waals surface area contributed by atoms with Crippen LogP contribution in [0.25, 0.3) is 110 Å². The molecule has 49 heavy (non-hydrogen) atoms. The molecule has 0 amide bonds. The highest BCUT2D eigenvalue weighted by Crippen LogP contribution is 2.48. The number of hydrogen-bond acceptors (Lipinski definition) is 3. The smallest absolute Gasteiger partial charge is 0.143 e. The number of hydrogen-bond donors (Lipinski definition) is 0. The molecular formula is C46H26O3. The van der Waals surface area contributed by atoms with Crippen molar-refractivity contribution in [1.29, 1.82) is 0 Å². The lowest BCUT2D eigenvalue weighted by atomic mass is 9.85. The van der Waals surface area contributed by atoms with Gasteiger partial charge in [0, 0.05) is 54.7 Å². The minimum absolute atomic E-state index is 0.845. The Bertz CT molecular complexity index is 3040. The van der Waals surface area contributed by atoms with E-state index < -0.39 is 0 Å². The molecule has 228 valence electrons. The van der Waals surface area contributed by atoms with Crippen LogP contribution >= 0.6 is 0 Å². The third-order valence-corrected chi connectivity index (χ3v) is 10.1. The van der Waals surface area contributed by atoms with Gasteiger partial charge in [0.1, 0.15) is 33.7 Å². The zero-order valence-corrected chi connectivity index (χ0v) is 26.2. The molecular weight excluding hydrogens is 601 g/mol. The molecule has 0 bridgehead atoms. The van der Waals surface area contributed by atoms with E-state index in [4.69, 9.17) is 13.3 Å². The molecule has 0 N–H and O–H groups in total. The quantitative estimate of drug-likeness (QED) is 0.183. The Hall–Kier alpha value is -6.58. The number of benzene rings is 8. The van der Waals surface area contributed by atoms with Crippen molar-refractivity contribution in [3.05, 3.63) is 158 Å². The first-order valence-electron chi connectivity index (χ1n) is 16.6. The van der Waals surface area contributed by atoms with Crippen LogP contribution in [0.1, 0.15) is 0 Å². The van der Waals surface area contributed by atoms with Crippen molar-refractivity contribution >= 4 is 76.4 Å². The number of rotatable bonds is 3. The average molecular weight is 627 g/mol. The molecule has 0 unspecified atom stereocenters. The first kappa shape index (κ1) is 26.5. The molecule has 0 aliphatic carbocycles. The fourth-order valence-electron chi connectivity index (χ4n) is 7.92. The van der Waals surface area contributed by atoms with Gasteiger partial charge in [0.2, 0.25) is 0 Å². The monoisotopic (exact) mass is 626 g/mol. The third kappa shape index (κ3) is 3.78. The van der Waals surface area contributed by atoms with E-state index in [-0.39, 0.29) is 0 Å². The summed E-state index contributed by atoms with van der Waals surface area (Å²) in [5.41, 5.74) is 9.91. The maximum absolute atomic E-state index is 6.81. The summed E-state index contributed by atoms with van der Waals surface area (Å²) in [6.07, 6.45) is 0. The molecule has 0 aliphatic rings. The maximum atomic E-state index is 6.81. The highest BCUT2D eigenvalue weighted by atomic mass is 16.3. The van der Waals surface area contributed by atoms with Crippen LogP contribution in [0.5, 0.6) is 0 Å². The highest BCUT2D eigenvalue weighted by molar-refractivity contribution is 6.26. The van der Waals surface area contributed by atoms with Gasteiger partial charge in [-0.05, 0) is 45.8 Å². The SMILES string of the molecule is c1ccc(-c2cc3cc4oc5c(-c6c7ccccc7c(-c7cccc8c7oc7ccccc78)c7ccccc67)cccc5c4cc3o2)cc1. The molecule has 0 fully saturated rings. The normalized spacial score (nSPS) is 12.1. The standard InChI is InChI=1S/C46H26O3/c1-2-12-27(13-3-1)40-24-28-25-42-38(26-41(28)47-40)35-20-11-22-37(46(35)49-42)44-32-17-6-4-15-30(32)43(31-16-5-7-18-33(31)44)36-21-10-19-34-29-14-8-9-23-39(29)48-45(34)36/h1-26H. The second kappa shape index (κ2) is 9.96. The van der Waals surface area contributed by atoms with Crippen LogP contribution in [0.2, 0.25) is 0 Å². The second-order valence-corrected chi connectivity index (χ2v) is 12.8. The molecule has 3 heteroatoms. The van der Waals surface area contributed by atoms with Crippen molar-refractivity contribution in [3.8, 4) is 33.6 Å². The Kier molecular flexibility index (Phi) is 5.38. The van der Waals surface area contributed by atoms with Gasteiger partial charge in [0.05, 0.1) is 0 Å². The van der Waals surface area contributed by atoms with Gasteiger partial charge in [-0.15, -0.1) is 0 Å². The van der Waals surface area contributed by atoms with Gasteiger partial charge >= 0.3 is 0 Å². The van der Waals surface area contributed by atoms with E-state index in [9.17, 15) is 0 Å². The predicted molar refractivity (Wildman–Crippen MR) is 202 cm³/mol. The topological polar surface area (TPSA) is 39.4 Å². The summed E-state index contributed by atoms with van der Waals surface area (Å²) < 4.78 is 19.8. The van der Waals surface area contributed by atoms with Gasteiger partial charge in [-0.3, -0.25) is 0 Å². The molecule has 0 radical (unpaired) electrons. The summed E-state index contributed by atoms with van der Waals surface area (Å²) in [6.45, 7) is 0. The van der Waals surface area contributed by atoms with Crippen molar-refractivity contribution in [2.45, 2.75) is 0 Å². The number of para-hydroxylation sites is 3. The van der Waals surface area contributed by atoms with Gasteiger partial charge in [-0.1, -0.05) is 133 Å². The maximum Gasteiger partial charge on any atom is 0.143 e. The lowest BCUT2D eigenvalue weighted by Crippen LogP contribution is -1.91. The van der Waals surface area contributed by atoms with Crippen LogP contribution in [-0.2, 0) is 0 Å². The Labute approximate surface area is 280 Å². The first-order valence-corrected chi connectivity index (χ1v) is 16.6. The van der Waals surface area contributed by atoms with Crippen LogP contribution in [0.3, 0.4) is 0 Å². The second-order valence-electron chi connectivity index (χ2n) is 12.8. The average Bonchev–Trinajstić information content (AvgIpc) is 3.86. The fourth-order valence-corrected chi connectivity index (χ4v) is 7.92. The molecule has 11 rings (SSSR count). The number of fused-ring (bicyclic) bond motifs is 9. The molecule has 8 aromatic carbocycles. The van der Waals surface area contributed by atoms with Gasteiger partial charge < -0.3 is 13.3 Å². The van der Waals surface area contributed by atoms with E-state index >= 15 is 0 Å².